The van der Waals surface area contributed by atoms with E-state index in [0.717, 1.165) is 55.6 Å². The van der Waals surface area contributed by atoms with Gasteiger partial charge in [0.25, 0.3) is 0 Å². The van der Waals surface area contributed by atoms with E-state index in [-0.39, 0.29) is 18.0 Å². The highest BCUT2D eigenvalue weighted by Crippen LogP contribution is 2.33. The maximum absolute atomic E-state index is 13.4. The van der Waals surface area contributed by atoms with Gasteiger partial charge in [0.15, 0.2) is 5.96 Å². The van der Waals surface area contributed by atoms with E-state index < -0.39 is 0 Å². The molecule has 2 aromatic carbocycles. The van der Waals surface area contributed by atoms with Gasteiger partial charge in [-0.2, -0.15) is 0 Å². The van der Waals surface area contributed by atoms with E-state index in [2.05, 4.69) is 15.5 Å². The number of benzene rings is 2. The fourth-order valence-electron chi connectivity index (χ4n) is 4.45. The highest BCUT2D eigenvalue weighted by molar-refractivity contribution is 5.91. The smallest absolute Gasteiger partial charge is 0.193 e. The molecule has 2 aliphatic rings. The molecule has 1 saturated carbocycles. The Balaban J connectivity index is 1.24. The largest absolute Gasteiger partial charge is 0.391 e. The van der Waals surface area contributed by atoms with E-state index in [0.29, 0.717) is 18.4 Å². The van der Waals surface area contributed by atoms with E-state index in [1.54, 1.807) is 12.1 Å². The third kappa shape index (κ3) is 5.07. The number of nitrogens with one attached hydrogen (secondary N) is 3. The molecule has 1 saturated heterocycles. The molecule has 4 N–H and O–H groups in total. The first-order chi connectivity index (χ1) is 14.1. The van der Waals surface area contributed by atoms with Gasteiger partial charge in [-0.15, -0.1) is 0 Å². The summed E-state index contributed by atoms with van der Waals surface area (Å²) in [5.41, 5.74) is 3.06. The van der Waals surface area contributed by atoms with Crippen LogP contribution >= 0.6 is 0 Å². The first-order valence-electron chi connectivity index (χ1n) is 10.5. The van der Waals surface area contributed by atoms with Gasteiger partial charge in [-0.05, 0) is 80.0 Å². The van der Waals surface area contributed by atoms with Gasteiger partial charge in [-0.25, -0.2) is 4.39 Å². The zero-order valence-corrected chi connectivity index (χ0v) is 16.6. The molecule has 0 bridgehead atoms. The molecule has 6 heteroatoms. The molecular weight excluding hydrogens is 367 g/mol. The number of anilines is 2. The lowest BCUT2D eigenvalue weighted by atomic mass is 9.82. The number of aliphatic hydroxyl groups is 1. The predicted octanol–water partition coefficient (Wildman–Crippen LogP) is 4.06. The molecule has 1 atom stereocenters. The van der Waals surface area contributed by atoms with Crippen LogP contribution in [0.4, 0.5) is 15.8 Å². The number of rotatable bonds is 4. The summed E-state index contributed by atoms with van der Waals surface area (Å²) < 4.78 is 13.4. The van der Waals surface area contributed by atoms with E-state index in [1.807, 2.05) is 30.3 Å². The Labute approximate surface area is 171 Å². The molecule has 1 heterocycles. The zero-order chi connectivity index (χ0) is 20.2. The summed E-state index contributed by atoms with van der Waals surface area (Å²) in [6.45, 7) is 1.56. The van der Waals surface area contributed by atoms with E-state index in [9.17, 15) is 9.50 Å². The Kier molecular flexibility index (Phi) is 6.00. The Morgan fingerprint density at radius 3 is 2.45 bits per heavy atom. The first kappa shape index (κ1) is 19.7. The second kappa shape index (κ2) is 8.82. The van der Waals surface area contributed by atoms with E-state index in [4.69, 9.17) is 5.41 Å². The van der Waals surface area contributed by atoms with Gasteiger partial charge in [-0.1, -0.05) is 12.1 Å². The molecule has 1 aliphatic heterocycles. The highest BCUT2D eigenvalue weighted by atomic mass is 19.1. The molecule has 0 radical (unpaired) electrons. The van der Waals surface area contributed by atoms with Gasteiger partial charge in [0.2, 0.25) is 0 Å². The van der Waals surface area contributed by atoms with Crippen molar-refractivity contribution in [3.05, 3.63) is 59.9 Å². The Hall–Kier alpha value is -2.60. The van der Waals surface area contributed by atoms with Crippen LogP contribution in [0.5, 0.6) is 0 Å². The second-order valence-corrected chi connectivity index (χ2v) is 8.18. The zero-order valence-electron chi connectivity index (χ0n) is 16.6. The predicted molar refractivity (Wildman–Crippen MR) is 115 cm³/mol. The lowest BCUT2D eigenvalue weighted by Crippen LogP contribution is -2.40. The third-order valence-corrected chi connectivity index (χ3v) is 6.06. The Morgan fingerprint density at radius 1 is 1.03 bits per heavy atom. The van der Waals surface area contributed by atoms with Crippen LogP contribution in [0.3, 0.4) is 0 Å². The molecule has 0 amide bonds. The maximum atomic E-state index is 13.4. The average molecular weight is 397 g/mol. The van der Waals surface area contributed by atoms with Crippen molar-refractivity contribution < 1.29 is 9.50 Å². The SMILES string of the molecule is N=C(Nc1ccc(N2CC[C@H](O)C2)cc1)NC1CCC(c2cccc(F)c2)CC1. The van der Waals surface area contributed by atoms with Crippen LogP contribution < -0.4 is 15.5 Å². The van der Waals surface area contributed by atoms with Gasteiger partial charge >= 0.3 is 0 Å². The molecule has 1 aliphatic carbocycles. The maximum Gasteiger partial charge on any atom is 0.193 e. The number of aliphatic hydroxyl groups excluding tert-OH is 1. The van der Waals surface area contributed by atoms with Crippen molar-refractivity contribution in [3.63, 3.8) is 0 Å². The fraction of sp³-hybridized carbons (Fsp3) is 0.435. The summed E-state index contributed by atoms with van der Waals surface area (Å²) in [6.07, 6.45) is 4.54. The quantitative estimate of drug-likeness (QED) is 0.465. The number of hydrogen-bond acceptors (Lipinski definition) is 3. The van der Waals surface area contributed by atoms with E-state index in [1.165, 1.54) is 6.07 Å². The minimum Gasteiger partial charge on any atom is -0.391 e. The normalized spacial score (nSPS) is 24.3. The van der Waals surface area contributed by atoms with Gasteiger partial charge in [0.1, 0.15) is 5.82 Å². The van der Waals surface area contributed by atoms with Crippen molar-refractivity contribution in [2.45, 2.75) is 50.2 Å². The van der Waals surface area contributed by atoms with Gasteiger partial charge in [0, 0.05) is 30.5 Å². The topological polar surface area (TPSA) is 71.4 Å². The summed E-state index contributed by atoms with van der Waals surface area (Å²) in [6, 6.07) is 15.2. The van der Waals surface area contributed by atoms with Crippen molar-refractivity contribution in [2.24, 2.45) is 0 Å². The molecule has 2 fully saturated rings. The van der Waals surface area contributed by atoms with Gasteiger partial charge in [0.05, 0.1) is 6.10 Å². The van der Waals surface area contributed by atoms with Crippen LogP contribution in [0.15, 0.2) is 48.5 Å². The van der Waals surface area contributed by atoms with Crippen molar-refractivity contribution in [2.75, 3.05) is 23.3 Å². The number of nitrogens with zero attached hydrogens (tertiary/aromatic N) is 1. The monoisotopic (exact) mass is 396 g/mol. The molecule has 0 aromatic heterocycles. The molecule has 0 unspecified atom stereocenters. The van der Waals surface area contributed by atoms with Gasteiger partial charge < -0.3 is 20.6 Å². The molecule has 5 nitrogen and oxygen atoms in total. The summed E-state index contributed by atoms with van der Waals surface area (Å²) in [5, 5.41) is 24.3. The fourth-order valence-corrected chi connectivity index (χ4v) is 4.45. The summed E-state index contributed by atoms with van der Waals surface area (Å²) >= 11 is 0. The minimum absolute atomic E-state index is 0.166. The highest BCUT2D eigenvalue weighted by Gasteiger charge is 2.23. The van der Waals surface area contributed by atoms with Crippen LogP contribution in [-0.4, -0.2) is 36.3 Å². The Morgan fingerprint density at radius 2 is 1.79 bits per heavy atom. The minimum atomic E-state index is -0.235. The lowest BCUT2D eigenvalue weighted by Gasteiger charge is -2.30. The molecule has 0 spiro atoms. The molecular formula is C23H29FN4O. The van der Waals surface area contributed by atoms with Crippen LogP contribution in [-0.2, 0) is 0 Å². The summed E-state index contributed by atoms with van der Waals surface area (Å²) in [5.74, 6) is 0.548. The standard InChI is InChI=1S/C23H29FN4O/c24-18-3-1-2-17(14-18)16-4-6-19(7-5-16)26-23(25)27-20-8-10-21(11-9-20)28-13-12-22(29)15-28/h1-3,8-11,14,16,19,22,29H,4-7,12-13,15H2,(H3,25,26,27)/t16?,19?,22-/m0/s1. The Bertz CT molecular complexity index is 833. The van der Waals surface area contributed by atoms with Crippen LogP contribution in [0.1, 0.15) is 43.6 Å². The lowest BCUT2D eigenvalue weighted by molar-refractivity contribution is 0.198. The number of hydrogen-bond donors (Lipinski definition) is 4. The van der Waals surface area contributed by atoms with Crippen molar-refractivity contribution >= 4 is 17.3 Å². The number of guanidine groups is 1. The summed E-state index contributed by atoms with van der Waals surface area (Å²) in [7, 11) is 0. The van der Waals surface area contributed by atoms with Crippen LogP contribution in [0, 0.1) is 11.2 Å². The number of halogens is 1. The van der Waals surface area contributed by atoms with Gasteiger partial charge in [-0.3, -0.25) is 5.41 Å². The average Bonchev–Trinajstić information content (AvgIpc) is 3.15. The third-order valence-electron chi connectivity index (χ3n) is 6.06. The van der Waals surface area contributed by atoms with Crippen molar-refractivity contribution in [1.82, 2.24) is 5.32 Å². The van der Waals surface area contributed by atoms with Crippen molar-refractivity contribution in [1.29, 1.82) is 5.41 Å². The van der Waals surface area contributed by atoms with Crippen LogP contribution in [0.25, 0.3) is 0 Å². The number of β-amino-alcohol motifs (C(OH)–C–C–N with tert-alkyl or cyclic N) is 1. The molecule has 2 aromatic rings. The molecule has 29 heavy (non-hydrogen) atoms. The first-order valence-corrected chi connectivity index (χ1v) is 10.5. The second-order valence-electron chi connectivity index (χ2n) is 8.18. The van der Waals surface area contributed by atoms with E-state index >= 15 is 0 Å². The molecule has 154 valence electrons. The summed E-state index contributed by atoms with van der Waals surface area (Å²) in [4.78, 5) is 2.18. The molecule has 4 rings (SSSR count). The van der Waals surface area contributed by atoms with Crippen molar-refractivity contribution in [3.8, 4) is 0 Å². The van der Waals surface area contributed by atoms with Crippen LogP contribution in [0.2, 0.25) is 0 Å².